The third-order valence-electron chi connectivity index (χ3n) is 6.28. The third kappa shape index (κ3) is 10.8. The molecule has 0 unspecified atom stereocenters. The van der Waals surface area contributed by atoms with Crippen LogP contribution in [0.4, 0.5) is 0 Å². The SMILES string of the molecule is CCCCCCCC(CCCCCCC)[Si]OCCN1CCc2ccccc2C1. The fourth-order valence-electron chi connectivity index (χ4n) is 4.35. The van der Waals surface area contributed by atoms with Gasteiger partial charge in [0.25, 0.3) is 0 Å². The van der Waals surface area contributed by atoms with Crippen molar-refractivity contribution >= 4 is 9.76 Å². The van der Waals surface area contributed by atoms with Crippen LogP contribution in [0.1, 0.15) is 102 Å². The number of unbranched alkanes of at least 4 members (excludes halogenated alkanes) is 8. The number of fused-ring (bicyclic) bond motifs is 1. The van der Waals surface area contributed by atoms with Gasteiger partial charge in [0.05, 0.1) is 0 Å². The normalized spacial score (nSPS) is 14.4. The minimum atomic E-state index is 0.705. The highest BCUT2D eigenvalue weighted by Gasteiger charge is 2.16. The van der Waals surface area contributed by atoms with Crippen LogP contribution in [0.25, 0.3) is 0 Å². The van der Waals surface area contributed by atoms with Crippen molar-refractivity contribution in [3.8, 4) is 0 Å². The Morgan fingerprint density at radius 1 is 0.862 bits per heavy atom. The molecule has 1 aliphatic rings. The summed E-state index contributed by atoms with van der Waals surface area (Å²) in [4.78, 5) is 2.57. The summed E-state index contributed by atoms with van der Waals surface area (Å²) >= 11 is 0. The first-order valence-electron chi connectivity index (χ1n) is 12.5. The van der Waals surface area contributed by atoms with Gasteiger partial charge in [-0.2, -0.15) is 0 Å². The van der Waals surface area contributed by atoms with Crippen molar-refractivity contribution in [2.24, 2.45) is 0 Å². The Balaban J connectivity index is 1.62. The molecule has 164 valence electrons. The second-order valence-corrected chi connectivity index (χ2v) is 10.2. The molecule has 2 nitrogen and oxygen atoms in total. The van der Waals surface area contributed by atoms with Gasteiger partial charge in [-0.05, 0) is 23.1 Å². The summed E-state index contributed by atoms with van der Waals surface area (Å²) in [7, 11) is 0.705. The van der Waals surface area contributed by atoms with Crippen molar-refractivity contribution in [3.63, 3.8) is 0 Å². The van der Waals surface area contributed by atoms with Crippen LogP contribution in [0, 0.1) is 0 Å². The van der Waals surface area contributed by atoms with Crippen molar-refractivity contribution in [1.29, 1.82) is 0 Å². The highest BCUT2D eigenvalue weighted by atomic mass is 28.2. The average Bonchev–Trinajstić information content (AvgIpc) is 2.75. The van der Waals surface area contributed by atoms with Crippen LogP contribution >= 0.6 is 0 Å². The van der Waals surface area contributed by atoms with Crippen molar-refractivity contribution in [1.82, 2.24) is 4.90 Å². The molecule has 0 N–H and O–H groups in total. The van der Waals surface area contributed by atoms with Gasteiger partial charge >= 0.3 is 0 Å². The van der Waals surface area contributed by atoms with Gasteiger partial charge in [-0.15, -0.1) is 0 Å². The van der Waals surface area contributed by atoms with Gasteiger partial charge in [0.1, 0.15) is 0 Å². The number of nitrogens with zero attached hydrogens (tertiary/aromatic N) is 1. The molecule has 0 bridgehead atoms. The molecular formula is C26H45NOSi. The lowest BCUT2D eigenvalue weighted by Crippen LogP contribution is -2.33. The molecule has 0 amide bonds. The lowest BCUT2D eigenvalue weighted by molar-refractivity contribution is 0.198. The Morgan fingerprint density at radius 2 is 1.48 bits per heavy atom. The molecule has 29 heavy (non-hydrogen) atoms. The van der Waals surface area contributed by atoms with E-state index in [0.717, 1.165) is 25.2 Å². The average molecular weight is 416 g/mol. The molecule has 3 heteroatoms. The van der Waals surface area contributed by atoms with E-state index >= 15 is 0 Å². The van der Waals surface area contributed by atoms with Crippen molar-refractivity contribution < 1.29 is 4.43 Å². The summed E-state index contributed by atoms with van der Waals surface area (Å²) in [5.41, 5.74) is 3.86. The summed E-state index contributed by atoms with van der Waals surface area (Å²) in [5.74, 6) is 0. The van der Waals surface area contributed by atoms with E-state index in [9.17, 15) is 0 Å². The van der Waals surface area contributed by atoms with Crippen molar-refractivity contribution in [2.45, 2.75) is 109 Å². The van der Waals surface area contributed by atoms with Crippen LogP contribution in [0.2, 0.25) is 5.54 Å². The Labute approximate surface area is 183 Å². The predicted octanol–water partition coefficient (Wildman–Crippen LogP) is 7.19. The zero-order valence-corrected chi connectivity index (χ0v) is 20.3. The first-order chi connectivity index (χ1) is 14.3. The van der Waals surface area contributed by atoms with Crippen molar-refractivity contribution in [2.75, 3.05) is 19.7 Å². The van der Waals surface area contributed by atoms with Gasteiger partial charge in [0.2, 0.25) is 9.76 Å². The molecule has 1 aliphatic heterocycles. The lowest BCUT2D eigenvalue weighted by Gasteiger charge is -2.28. The second kappa shape index (κ2) is 16.1. The van der Waals surface area contributed by atoms with E-state index in [0.29, 0.717) is 9.76 Å². The number of hydrogen-bond acceptors (Lipinski definition) is 2. The Bertz CT molecular complexity index is 507. The summed E-state index contributed by atoms with van der Waals surface area (Å²) in [6.07, 6.45) is 17.9. The van der Waals surface area contributed by atoms with Gasteiger partial charge in [-0.25, -0.2) is 0 Å². The molecule has 0 aromatic heterocycles. The standard InChI is InChI=1S/C26H45NOSi/c1-3-5-7-9-11-17-26(18-12-10-8-6-4-2)29-28-22-21-27-20-19-24-15-13-14-16-25(24)23-27/h13-16,26H,3-12,17-23H2,1-2H3. The zero-order chi connectivity index (χ0) is 20.6. The maximum atomic E-state index is 6.23. The van der Waals surface area contributed by atoms with Crippen LogP contribution in [-0.2, 0) is 17.4 Å². The van der Waals surface area contributed by atoms with Crippen LogP contribution in [0.5, 0.6) is 0 Å². The molecule has 2 rings (SSSR count). The summed E-state index contributed by atoms with van der Waals surface area (Å²) in [6.45, 7) is 8.87. The first-order valence-corrected chi connectivity index (χ1v) is 13.5. The number of hydrogen-bond donors (Lipinski definition) is 0. The predicted molar refractivity (Wildman–Crippen MR) is 128 cm³/mol. The molecule has 0 atom stereocenters. The van der Waals surface area contributed by atoms with Gasteiger partial charge in [-0.1, -0.05) is 115 Å². The van der Waals surface area contributed by atoms with Gasteiger partial charge < -0.3 is 4.43 Å². The quantitative estimate of drug-likeness (QED) is 0.197. The number of benzene rings is 1. The highest BCUT2D eigenvalue weighted by molar-refractivity contribution is 6.29. The molecule has 1 aromatic carbocycles. The topological polar surface area (TPSA) is 12.5 Å². The zero-order valence-electron chi connectivity index (χ0n) is 19.3. The highest BCUT2D eigenvalue weighted by Crippen LogP contribution is 2.23. The van der Waals surface area contributed by atoms with E-state index < -0.39 is 0 Å². The molecule has 2 radical (unpaired) electrons. The fraction of sp³-hybridized carbons (Fsp3) is 0.769. The number of rotatable bonds is 17. The van der Waals surface area contributed by atoms with Crippen LogP contribution < -0.4 is 0 Å². The summed E-state index contributed by atoms with van der Waals surface area (Å²) < 4.78 is 6.23. The second-order valence-electron chi connectivity index (χ2n) is 8.86. The van der Waals surface area contributed by atoms with E-state index in [2.05, 4.69) is 43.0 Å². The van der Waals surface area contributed by atoms with Crippen molar-refractivity contribution in [3.05, 3.63) is 35.4 Å². The molecule has 1 aromatic rings. The van der Waals surface area contributed by atoms with E-state index in [1.165, 1.54) is 101 Å². The van der Waals surface area contributed by atoms with Gasteiger partial charge in [0.15, 0.2) is 0 Å². The minimum absolute atomic E-state index is 0.705. The maximum absolute atomic E-state index is 6.23. The Kier molecular flexibility index (Phi) is 13.7. The summed E-state index contributed by atoms with van der Waals surface area (Å²) in [5, 5.41) is 0. The molecule has 0 fully saturated rings. The van der Waals surface area contributed by atoms with Crippen LogP contribution in [0.15, 0.2) is 24.3 Å². The molecule has 0 saturated carbocycles. The fourth-order valence-corrected chi connectivity index (χ4v) is 5.44. The molecule has 0 saturated heterocycles. The Hall–Kier alpha value is -0.643. The van der Waals surface area contributed by atoms with E-state index in [1.54, 1.807) is 0 Å². The molecule has 1 heterocycles. The van der Waals surface area contributed by atoms with E-state index in [-0.39, 0.29) is 0 Å². The van der Waals surface area contributed by atoms with Crippen LogP contribution in [0.3, 0.4) is 0 Å². The monoisotopic (exact) mass is 415 g/mol. The largest absolute Gasteiger partial charge is 0.416 e. The summed E-state index contributed by atoms with van der Waals surface area (Å²) in [6, 6.07) is 8.92. The third-order valence-corrected chi connectivity index (χ3v) is 7.56. The lowest BCUT2D eigenvalue weighted by atomic mass is 10.0. The molecule has 0 aliphatic carbocycles. The molecule has 0 spiro atoms. The first kappa shape index (κ1) is 24.6. The van der Waals surface area contributed by atoms with Crippen LogP contribution in [-0.4, -0.2) is 34.4 Å². The van der Waals surface area contributed by atoms with E-state index in [1.807, 2.05) is 0 Å². The van der Waals surface area contributed by atoms with Gasteiger partial charge in [-0.3, -0.25) is 4.90 Å². The minimum Gasteiger partial charge on any atom is -0.416 e. The maximum Gasteiger partial charge on any atom is 0.233 e. The molecular weight excluding hydrogens is 370 g/mol. The van der Waals surface area contributed by atoms with E-state index in [4.69, 9.17) is 4.43 Å². The smallest absolute Gasteiger partial charge is 0.233 e. The van der Waals surface area contributed by atoms with Gasteiger partial charge in [0, 0.05) is 26.2 Å². The Morgan fingerprint density at radius 3 is 2.14 bits per heavy atom.